The average Bonchev–Trinajstić information content (AvgIpc) is 1.72. The van der Waals surface area contributed by atoms with Gasteiger partial charge in [-0.1, -0.05) is 122 Å². The minimum atomic E-state index is -4.38. The molecule has 23 rings (SSSR count). The molecule has 0 fully saturated rings. The molecule has 4 aliphatic carbocycles. The number of ketones is 4. The molecule has 0 saturated heterocycles. The summed E-state index contributed by atoms with van der Waals surface area (Å²) in [5, 5.41) is 11.1. The Morgan fingerprint density at radius 3 is 0.940 bits per heavy atom. The van der Waals surface area contributed by atoms with Crippen molar-refractivity contribution in [1.29, 1.82) is 0 Å². The van der Waals surface area contributed by atoms with Crippen molar-refractivity contribution in [2.75, 3.05) is 69.8 Å². The summed E-state index contributed by atoms with van der Waals surface area (Å²) in [4.78, 5) is 76.1. The van der Waals surface area contributed by atoms with Gasteiger partial charge in [-0.2, -0.15) is 18.3 Å². The Morgan fingerprint density at radius 1 is 0.342 bits per heavy atom. The van der Waals surface area contributed by atoms with Crippen molar-refractivity contribution in [3.05, 3.63) is 393 Å². The van der Waals surface area contributed by atoms with Gasteiger partial charge < -0.3 is 70.2 Å². The number of carbonyl (C=O) groups excluding carboxylic acids is 4. The van der Waals surface area contributed by atoms with Gasteiger partial charge in [0.2, 0.25) is 52.7 Å². The topological polar surface area (TPSA) is 305 Å². The number of oxazole rings is 4. The number of aryl methyl sites for hydroxylation is 4. The predicted octanol–water partition coefficient (Wildman–Crippen LogP) is 22.8. The van der Waals surface area contributed by atoms with Crippen LogP contribution in [0, 0.1) is 10.1 Å². The first-order valence-electron chi connectivity index (χ1n) is 49.4. The molecule has 0 unspecified atom stereocenters. The Balaban J connectivity index is 0.000000121. The van der Waals surface area contributed by atoms with Crippen molar-refractivity contribution in [2.24, 2.45) is 0 Å². The number of fused-ring (bicyclic) bond motifs is 9. The highest BCUT2D eigenvalue weighted by Crippen LogP contribution is 2.52. The maximum absolute atomic E-state index is 13.7. The molecule has 5 aliphatic heterocycles. The summed E-state index contributed by atoms with van der Waals surface area (Å²) in [5.74, 6) is 10.9. The summed E-state index contributed by atoms with van der Waals surface area (Å²) in [5.41, 5.74) is 17.6. The van der Waals surface area contributed by atoms with E-state index in [1.807, 2.05) is 295 Å². The van der Waals surface area contributed by atoms with Crippen molar-refractivity contribution in [3.8, 4) is 34.5 Å². The lowest BCUT2D eigenvalue weighted by atomic mass is 9.89. The van der Waals surface area contributed by atoms with E-state index in [9.17, 15) is 42.3 Å². The minimum absolute atomic E-state index is 0.0276. The summed E-state index contributed by atoms with van der Waals surface area (Å²) >= 11 is 6.03. The minimum Gasteiger partial charge on any atom is -0.748 e. The van der Waals surface area contributed by atoms with Gasteiger partial charge in [-0.05, 0) is 164 Å². The van der Waals surface area contributed by atoms with E-state index in [4.69, 9.17) is 46.1 Å². The zero-order valence-corrected chi connectivity index (χ0v) is 87.1. The molecule has 0 amide bonds. The number of Topliss-reactive ketones (excluding diaryl/α,β-unsaturated/α-hetero) is 4. The number of para-hydroxylation sites is 16. The molecule has 10 aromatic carbocycles. The number of ether oxygens (including phenoxy) is 6. The number of nitro groups is 1. The fourth-order valence-corrected chi connectivity index (χ4v) is 24.0. The first kappa shape index (κ1) is 101. The van der Waals surface area contributed by atoms with Crippen LogP contribution in [-0.4, -0.2) is 91.3 Å². The predicted molar refractivity (Wildman–Crippen MR) is 579 cm³/mol. The Labute approximate surface area is 876 Å². The number of rotatable bonds is 30. The van der Waals surface area contributed by atoms with Gasteiger partial charge in [-0.15, -0.1) is 47.0 Å². The van der Waals surface area contributed by atoms with Gasteiger partial charge in [0.1, 0.15) is 26.2 Å². The Morgan fingerprint density at radius 2 is 0.631 bits per heavy atom. The van der Waals surface area contributed by atoms with E-state index >= 15 is 0 Å². The van der Waals surface area contributed by atoms with E-state index in [-0.39, 0.29) is 41.4 Å². The third-order valence-electron chi connectivity index (χ3n) is 26.1. The highest BCUT2D eigenvalue weighted by Gasteiger charge is 2.43. The molecule has 754 valence electrons. The van der Waals surface area contributed by atoms with Gasteiger partial charge in [-0.3, -0.25) is 29.3 Å². The number of thioether (sulfide) groups is 4. The van der Waals surface area contributed by atoms with Crippen molar-refractivity contribution >= 4 is 177 Å². The first-order valence-corrected chi connectivity index (χ1v) is 54.9. The second-order valence-corrected chi connectivity index (χ2v) is 40.7. The number of hydrogen-bond donors (Lipinski definition) is 0. The van der Waals surface area contributed by atoms with E-state index in [2.05, 4.69) is 53.6 Å². The molecule has 9 aliphatic rings. The number of benzene rings is 10. The van der Waals surface area contributed by atoms with E-state index < -0.39 is 20.8 Å². The summed E-state index contributed by atoms with van der Waals surface area (Å²) in [6, 6.07) is 75.0. The number of aromatic nitrogens is 4. The number of nitro benzene ring substituents is 1. The molecule has 33 heteroatoms. The van der Waals surface area contributed by atoms with Crippen LogP contribution in [0.5, 0.6) is 34.5 Å². The van der Waals surface area contributed by atoms with E-state index in [1.165, 1.54) is 35.7 Å². The quantitative estimate of drug-likeness (QED) is 0.0133. The second kappa shape index (κ2) is 43.8. The monoisotopic (exact) mass is 2090 g/mol. The van der Waals surface area contributed by atoms with Crippen molar-refractivity contribution in [1.82, 2.24) is 0 Å². The van der Waals surface area contributed by atoms with Gasteiger partial charge in [0.15, 0.2) is 57.6 Å². The molecule has 28 nitrogen and oxygen atoms in total. The number of carbonyl (C=O) groups is 4. The summed E-state index contributed by atoms with van der Waals surface area (Å²) < 4.78 is 102. The van der Waals surface area contributed by atoms with Crippen molar-refractivity contribution in [3.63, 3.8) is 0 Å². The molecule has 0 atom stereocenters. The van der Waals surface area contributed by atoms with Crippen molar-refractivity contribution in [2.45, 2.75) is 106 Å². The van der Waals surface area contributed by atoms with Crippen LogP contribution in [0.3, 0.4) is 0 Å². The highest BCUT2D eigenvalue weighted by atomic mass is 32.2. The standard InChI is InChI=1S/C32H27N2O5S.C31H26N3O5S.C27H27N2O3S.C26H24N2O6S2/c1-3-33-23-9-5-7-11-25(23)38-29(33)16-21-31(35)22(17-30-34(4-2)24-10-6-8-12-26(24)39-30)32(21)40-18-20-13-14-27-28(15-20)37-19-36-27;1-3-32-24-9-5-7-11-26(24)38-28(32)17-22-30(35)23(18-29-33(4-2)25-10-6-8-12-27(25)39-29)31(22)40-19-20-13-15-21(16-14-20)34(36)37;1-4-15-33-27-18(16-24-28(5-2)20-11-7-9-13-22(20)31-24)26(30)19(27)17-25-29(6-3)21-12-8-10-14-23(21)32-25;1-3-27-19-9-5-7-11-21(19)33-23(27)15-17-25(29)18(26(17)35-13-14-36(30,31)32)16-24-28(4-2)20-10-6-8-12-22(20)34-24/h5-17H,3-4,18-19H2,1-2H3;5-18H,3-4,19H2,1-2H3;7-14,16-17H,4-6,15H2,1-3H3;5-12,15-16H,3-4,13-14H2,1-2H3/q3*+1;. The first-order chi connectivity index (χ1) is 72.6. The summed E-state index contributed by atoms with van der Waals surface area (Å²) in [6.45, 7) is 24.4. The zero-order valence-electron chi connectivity index (χ0n) is 83.1. The molecule has 0 N–H and O–H groups in total. The Kier molecular flexibility index (Phi) is 29.6. The fraction of sp³-hybridized carbons (Fsp3) is 0.207. The molecule has 0 spiro atoms. The third kappa shape index (κ3) is 20.1. The number of hydrogen-bond acceptors (Lipinski definition) is 27. The number of allylic oxidation sites excluding steroid dienone is 12. The number of anilines is 4. The zero-order chi connectivity index (χ0) is 103. The van der Waals surface area contributed by atoms with Crippen LogP contribution < -0.4 is 66.3 Å². The fourth-order valence-electron chi connectivity index (χ4n) is 18.8. The maximum Gasteiger partial charge on any atom is 0.374 e. The second-order valence-electron chi connectivity index (χ2n) is 35.0. The van der Waals surface area contributed by atoms with Gasteiger partial charge in [-0.25, -0.2) is 8.42 Å². The van der Waals surface area contributed by atoms with Gasteiger partial charge in [0.05, 0.1) is 62.1 Å². The molecule has 4 aromatic heterocycles. The smallest absolute Gasteiger partial charge is 0.374 e. The molecule has 9 heterocycles. The number of non-ortho nitro benzene ring substituents is 1. The van der Waals surface area contributed by atoms with E-state index in [1.54, 1.807) is 47.8 Å². The van der Waals surface area contributed by atoms with Crippen LogP contribution in [0.1, 0.15) is 103 Å². The van der Waals surface area contributed by atoms with Crippen LogP contribution in [0.2, 0.25) is 0 Å². The van der Waals surface area contributed by atoms with Crippen LogP contribution in [-0.2, 0) is 67.0 Å². The van der Waals surface area contributed by atoms with E-state index in [0.29, 0.717) is 146 Å². The largest absolute Gasteiger partial charge is 0.748 e. The molecule has 0 radical (unpaired) electrons. The summed E-state index contributed by atoms with van der Waals surface area (Å²) in [6.07, 6.45) is 15.6. The van der Waals surface area contributed by atoms with E-state index in [0.717, 1.165) is 155 Å². The Bertz CT molecular complexity index is 8330. The SMILES string of the molecule is CCCSC1=C(/C=C2/Oc3ccccc3N2CC)C(=O)/C1=C/c1oc2ccccc2[n+]1CC.CCN1/C(=C\C2=C(SCCS(=O)(=O)[O-])C(=C\c3oc4ccccc4[n+]3CC)/C2=O)Oc2ccccc21.CCN1/C(=C\C2=C(SCc3ccc([N+](=O)[O-])cc3)C(=C\c3oc4ccccc4[n+]3CC)/C2=O)Oc2ccccc21.CCN1/C(=C\C2=C(SCc3ccc4c(c3)OCO4)C(=C\c3oc4ccccc4[n+]3CC)/C2=O)Oc2ccccc21. The molecular formula is C116H104N9O19S5+3. The molecule has 0 saturated carbocycles. The lowest BCUT2D eigenvalue weighted by molar-refractivity contribution is -0.674. The van der Waals surface area contributed by atoms with Gasteiger partial charge in [0, 0.05) is 174 Å². The molecule has 149 heavy (non-hydrogen) atoms. The molecule has 0 bridgehead atoms. The normalized spacial score (nSPS) is 17.4. The highest BCUT2D eigenvalue weighted by molar-refractivity contribution is 8.04. The Hall–Kier alpha value is -15.7. The lowest BCUT2D eigenvalue weighted by Gasteiger charge is -2.24. The van der Waals surface area contributed by atoms with Crippen molar-refractivity contribution < 1.29 is 101 Å². The van der Waals surface area contributed by atoms with Crippen LogP contribution >= 0.6 is 47.0 Å². The van der Waals surface area contributed by atoms with Gasteiger partial charge >= 0.3 is 23.6 Å². The van der Waals surface area contributed by atoms with Crippen LogP contribution in [0.4, 0.5) is 28.4 Å². The van der Waals surface area contributed by atoms with Crippen LogP contribution in [0.25, 0.3) is 68.7 Å². The lowest BCUT2D eigenvalue weighted by Crippen LogP contribution is -2.34. The summed E-state index contributed by atoms with van der Waals surface area (Å²) in [7, 11) is -4.38. The van der Waals surface area contributed by atoms with Crippen LogP contribution in [0.15, 0.2) is 366 Å². The third-order valence-corrected chi connectivity index (χ3v) is 31.9. The number of nitrogens with zero attached hydrogens (tertiary/aromatic N) is 9. The molecule has 14 aromatic rings. The maximum atomic E-state index is 13.7. The van der Waals surface area contributed by atoms with Gasteiger partial charge in [0.25, 0.3) is 27.8 Å². The average molecular weight is 2090 g/mol. The molecular weight excluding hydrogens is 1980 g/mol.